The zero-order valence-corrected chi connectivity index (χ0v) is 24.5. The van der Waals surface area contributed by atoms with Gasteiger partial charge in [0.1, 0.15) is 12.2 Å². The monoisotopic (exact) mass is 576 g/mol. The van der Waals surface area contributed by atoms with Crippen LogP contribution in [0.5, 0.6) is 0 Å². The summed E-state index contributed by atoms with van der Waals surface area (Å²) in [6.45, 7) is 6.92. The molecule has 41 heavy (non-hydrogen) atoms. The summed E-state index contributed by atoms with van der Waals surface area (Å²) >= 11 is 0. The fraction of sp³-hybridized carbons (Fsp3) is 0.586. The van der Waals surface area contributed by atoms with E-state index in [0.717, 1.165) is 6.08 Å². The Bertz CT molecular complexity index is 1190. The van der Waals surface area contributed by atoms with Crippen molar-refractivity contribution in [3.8, 4) is 0 Å². The molecule has 3 aliphatic rings. The summed E-state index contributed by atoms with van der Waals surface area (Å²) in [5.74, 6) is -2.47. The number of Topliss-reactive ketones (excluding diaryl/α,β-unsaturated/α-hetero) is 1. The van der Waals surface area contributed by atoms with E-state index in [0.29, 0.717) is 12.0 Å². The number of fused-ring (bicyclic) bond motifs is 3. The van der Waals surface area contributed by atoms with E-state index in [4.69, 9.17) is 29.4 Å². The number of nitrogens with one attached hydrogen (secondary N) is 1. The van der Waals surface area contributed by atoms with Gasteiger partial charge in [0.2, 0.25) is 11.6 Å². The molecule has 2 bridgehead atoms. The number of hydrogen-bond donors (Lipinski definition) is 3. The van der Waals surface area contributed by atoms with E-state index in [1.807, 2.05) is 6.92 Å². The quantitative estimate of drug-likeness (QED) is 0.253. The van der Waals surface area contributed by atoms with Crippen LogP contribution in [0.4, 0.5) is 4.79 Å². The van der Waals surface area contributed by atoms with E-state index in [1.165, 1.54) is 21.3 Å². The van der Waals surface area contributed by atoms with Gasteiger partial charge in [-0.15, -0.1) is 0 Å². The first-order chi connectivity index (χ1) is 19.3. The Kier molecular flexibility index (Phi) is 10.3. The summed E-state index contributed by atoms with van der Waals surface area (Å²) in [5, 5.41) is 13.7. The topological polar surface area (TPSA) is 176 Å². The van der Waals surface area contributed by atoms with Crippen LogP contribution in [0, 0.1) is 11.8 Å². The molecule has 3 rings (SSSR count). The number of aliphatic hydroxyl groups is 1. The molecule has 0 aromatic heterocycles. The van der Waals surface area contributed by atoms with Crippen LogP contribution < -0.4 is 11.1 Å². The molecule has 0 aromatic rings. The van der Waals surface area contributed by atoms with Crippen molar-refractivity contribution in [3.63, 3.8) is 0 Å². The second kappa shape index (κ2) is 13.1. The van der Waals surface area contributed by atoms with Crippen molar-refractivity contribution in [1.82, 2.24) is 5.32 Å². The molecular formula is C29H40N2O10. The highest BCUT2D eigenvalue weighted by atomic mass is 16.6. The van der Waals surface area contributed by atoms with Gasteiger partial charge < -0.3 is 39.8 Å². The highest BCUT2D eigenvalue weighted by Crippen LogP contribution is 2.38. The largest absolute Gasteiger partial charge is 0.492 e. The molecule has 0 spiro atoms. The number of ketones is 2. The maximum absolute atomic E-state index is 13.4. The summed E-state index contributed by atoms with van der Waals surface area (Å²) in [7, 11) is 4.21. The molecule has 0 saturated carbocycles. The lowest BCUT2D eigenvalue weighted by atomic mass is 9.85. The fourth-order valence-electron chi connectivity index (χ4n) is 5.27. The molecule has 2 unspecified atom stereocenters. The molecule has 8 atom stereocenters. The normalized spacial score (nSPS) is 37.3. The van der Waals surface area contributed by atoms with Crippen LogP contribution in [0.1, 0.15) is 40.5 Å². The smallest absolute Gasteiger partial charge is 0.405 e. The first kappa shape index (κ1) is 32.2. The molecule has 0 radical (unpaired) electrons. The van der Waals surface area contributed by atoms with Gasteiger partial charge in [-0.25, -0.2) is 4.79 Å². The number of nitrogens with two attached hydrogens (primary N) is 1. The number of ether oxygens (including phenoxy) is 5. The minimum atomic E-state index is -1.32. The first-order valence-corrected chi connectivity index (χ1v) is 13.4. The van der Waals surface area contributed by atoms with Crippen LogP contribution in [0.15, 0.2) is 46.9 Å². The molecule has 12 nitrogen and oxygen atoms in total. The molecule has 2 amide bonds. The number of carbonyl (C=O) groups is 4. The summed E-state index contributed by atoms with van der Waals surface area (Å²) in [4.78, 5) is 51.1. The van der Waals surface area contributed by atoms with Crippen LogP contribution in [0.3, 0.4) is 0 Å². The van der Waals surface area contributed by atoms with Crippen LogP contribution in [0.25, 0.3) is 0 Å². The van der Waals surface area contributed by atoms with Gasteiger partial charge in [0, 0.05) is 31.8 Å². The minimum absolute atomic E-state index is 0.0898. The van der Waals surface area contributed by atoms with Crippen LogP contribution >= 0.6 is 0 Å². The second-order valence-electron chi connectivity index (χ2n) is 10.9. The fourth-order valence-corrected chi connectivity index (χ4v) is 5.27. The lowest BCUT2D eigenvalue weighted by Crippen LogP contribution is -2.40. The number of aliphatic hydroxyl groups excluding tert-OH is 1. The average molecular weight is 577 g/mol. The van der Waals surface area contributed by atoms with Crippen molar-refractivity contribution in [2.24, 2.45) is 17.6 Å². The van der Waals surface area contributed by atoms with Crippen molar-refractivity contribution in [2.45, 2.75) is 76.7 Å². The van der Waals surface area contributed by atoms with Crippen molar-refractivity contribution in [2.75, 3.05) is 21.3 Å². The number of allylic oxidation sites excluding steroid dienone is 2. The minimum Gasteiger partial charge on any atom is -0.492 e. The lowest BCUT2D eigenvalue weighted by Gasteiger charge is -2.30. The Labute approximate surface area is 239 Å². The number of epoxide rings is 1. The summed E-state index contributed by atoms with van der Waals surface area (Å²) in [6, 6.07) is 0. The van der Waals surface area contributed by atoms with Crippen LogP contribution in [-0.4, -0.2) is 86.1 Å². The molecule has 2 aliphatic heterocycles. The Morgan fingerprint density at radius 3 is 2.41 bits per heavy atom. The van der Waals surface area contributed by atoms with Gasteiger partial charge in [0.25, 0.3) is 5.91 Å². The number of carbonyl (C=O) groups excluding carboxylic acids is 4. The molecule has 2 heterocycles. The predicted octanol–water partition coefficient (Wildman–Crippen LogP) is 1.62. The predicted molar refractivity (Wildman–Crippen MR) is 146 cm³/mol. The molecule has 226 valence electrons. The molecule has 12 heteroatoms. The summed E-state index contributed by atoms with van der Waals surface area (Å²) < 4.78 is 27.5. The Morgan fingerprint density at radius 2 is 1.83 bits per heavy atom. The van der Waals surface area contributed by atoms with Crippen molar-refractivity contribution in [3.05, 3.63) is 46.9 Å². The number of primary amides is 1. The third kappa shape index (κ3) is 7.13. The standard InChI is InChI=1S/C29H40N2O10/c1-14-10-17-24(34)18(13-19(32)26(17)39-7)31-27(35)29(4)22(41-29)9-8-20(37-5)25(40-28(30)36)16(3)12-15(2)23(33)21(11-14)38-6/h8-9,12-15,20-23,25,33H,10-11H2,1-7H3,(H2,30,36)(H,31,35)/b9-8-,16-12+/t14-,15+,20+,21+,22?,23-,25+,29?/m1/s1. The second-order valence-corrected chi connectivity index (χ2v) is 10.9. The Hall–Kier alpha value is -3.32. The molecule has 1 saturated heterocycles. The number of hydrogen-bond acceptors (Lipinski definition) is 10. The zero-order chi connectivity index (χ0) is 30.6. The number of amides is 2. The first-order valence-electron chi connectivity index (χ1n) is 13.4. The van der Waals surface area contributed by atoms with Gasteiger partial charge in [-0.2, -0.15) is 0 Å². The summed E-state index contributed by atoms with van der Waals surface area (Å²) in [5.41, 5.74) is 4.54. The molecule has 1 fully saturated rings. The molecule has 4 N–H and O–H groups in total. The summed E-state index contributed by atoms with van der Waals surface area (Å²) in [6.07, 6.45) is 1.38. The molecule has 1 aliphatic carbocycles. The van der Waals surface area contributed by atoms with Gasteiger partial charge in [-0.1, -0.05) is 32.1 Å². The third-order valence-corrected chi connectivity index (χ3v) is 7.73. The third-order valence-electron chi connectivity index (χ3n) is 7.73. The van der Waals surface area contributed by atoms with E-state index >= 15 is 0 Å². The Balaban J connectivity index is 2.05. The van der Waals surface area contributed by atoms with Gasteiger partial charge in [-0.05, 0) is 38.2 Å². The molecular weight excluding hydrogens is 536 g/mol. The number of rotatable bonds is 4. The highest BCUT2D eigenvalue weighted by Gasteiger charge is 2.57. The van der Waals surface area contributed by atoms with Crippen molar-refractivity contribution >= 4 is 23.6 Å². The Morgan fingerprint density at radius 1 is 1.15 bits per heavy atom. The average Bonchev–Trinajstić information content (AvgIpc) is 3.59. The van der Waals surface area contributed by atoms with E-state index in [2.05, 4.69) is 5.32 Å². The van der Waals surface area contributed by atoms with Gasteiger partial charge in [0.05, 0.1) is 25.0 Å². The zero-order valence-electron chi connectivity index (χ0n) is 24.5. The van der Waals surface area contributed by atoms with Crippen molar-refractivity contribution in [1.29, 1.82) is 0 Å². The highest BCUT2D eigenvalue weighted by molar-refractivity contribution is 6.22. The van der Waals surface area contributed by atoms with Crippen LogP contribution in [-0.2, 0) is 38.1 Å². The van der Waals surface area contributed by atoms with E-state index in [9.17, 15) is 24.3 Å². The van der Waals surface area contributed by atoms with E-state index in [1.54, 1.807) is 39.0 Å². The SMILES string of the molecule is COC1=C2C[C@@H](C)C[C@H](OC)[C@H](O)[C@@H](C)/C=C(\C)[C@H](OC(N)=O)[C@@H](OC)/C=C\C3OC3(C)C(=O)NC(=CC1=O)C2=O. The van der Waals surface area contributed by atoms with E-state index < -0.39 is 65.6 Å². The molecule has 0 aromatic carbocycles. The lowest BCUT2D eigenvalue weighted by molar-refractivity contribution is -0.126. The number of methoxy groups -OCH3 is 3. The van der Waals surface area contributed by atoms with Crippen molar-refractivity contribution < 1.29 is 48.0 Å². The maximum Gasteiger partial charge on any atom is 0.405 e. The van der Waals surface area contributed by atoms with E-state index in [-0.39, 0.29) is 29.4 Å². The maximum atomic E-state index is 13.4. The van der Waals surface area contributed by atoms with Gasteiger partial charge in [0.15, 0.2) is 17.5 Å². The van der Waals surface area contributed by atoms with Gasteiger partial charge >= 0.3 is 6.09 Å². The van der Waals surface area contributed by atoms with Gasteiger partial charge in [-0.3, -0.25) is 14.4 Å². The van der Waals surface area contributed by atoms with Crippen LogP contribution in [0.2, 0.25) is 0 Å².